The summed E-state index contributed by atoms with van der Waals surface area (Å²) in [6.45, 7) is 0. The quantitative estimate of drug-likeness (QED) is 0.689. The predicted molar refractivity (Wildman–Crippen MR) is 112 cm³/mol. The molecule has 0 amide bonds. The highest BCUT2D eigenvalue weighted by Crippen LogP contribution is 2.35. The third kappa shape index (κ3) is 3.99. The number of hydrogen-bond acceptors (Lipinski definition) is 2. The van der Waals surface area contributed by atoms with Crippen molar-refractivity contribution in [2.75, 3.05) is 11.0 Å². The zero-order valence-corrected chi connectivity index (χ0v) is 16.3. The second-order valence-electron chi connectivity index (χ2n) is 7.02. The second kappa shape index (κ2) is 7.24. The number of hydrogen-bond donors (Lipinski definition) is 1. The molecule has 0 heterocycles. The Kier molecular flexibility index (Phi) is 4.77. The van der Waals surface area contributed by atoms with E-state index < -0.39 is 15.8 Å². The average Bonchev–Trinajstić information content (AvgIpc) is 2.78. The largest absolute Gasteiger partial charge is 0.284 e. The molecule has 0 aliphatic heterocycles. The lowest BCUT2D eigenvalue weighted by Crippen LogP contribution is -2.09. The van der Waals surface area contributed by atoms with Gasteiger partial charge in [-0.15, -0.1) is 0 Å². The van der Waals surface area contributed by atoms with E-state index in [1.807, 2.05) is 30.3 Å². The molecule has 0 saturated carbocycles. The molecule has 4 rings (SSSR count). The minimum absolute atomic E-state index is 0.213. The highest BCUT2D eigenvalue weighted by Gasteiger charge is 2.17. The lowest BCUT2D eigenvalue weighted by Gasteiger charge is -2.13. The Hall–Kier alpha value is -2.92. The van der Waals surface area contributed by atoms with E-state index in [4.69, 9.17) is 0 Å². The highest BCUT2D eigenvalue weighted by atomic mass is 32.2. The minimum atomic E-state index is -3.48. The predicted octanol–water partition coefficient (Wildman–Crippen LogP) is 4.88. The van der Waals surface area contributed by atoms with Gasteiger partial charge in [0.15, 0.2) is 0 Å². The van der Waals surface area contributed by atoms with Gasteiger partial charge in [0.25, 0.3) is 0 Å². The van der Waals surface area contributed by atoms with Crippen LogP contribution in [0, 0.1) is 5.82 Å². The fourth-order valence-electron chi connectivity index (χ4n) is 3.71. The third-order valence-electron chi connectivity index (χ3n) is 4.81. The standard InChI is InChI=1S/C23H20FNO2S/c1-28(26,27)25-20-13-16(12-19(24)15-20)14-23-21-8-4-2-6-17(21)10-11-18-7-3-5-9-22(18)23/h2-9,12-15,25H,10-11H2,1H3. The van der Waals surface area contributed by atoms with Crippen molar-refractivity contribution in [2.24, 2.45) is 0 Å². The smallest absolute Gasteiger partial charge is 0.229 e. The van der Waals surface area contributed by atoms with Gasteiger partial charge in [-0.1, -0.05) is 48.5 Å². The maximum Gasteiger partial charge on any atom is 0.229 e. The van der Waals surface area contributed by atoms with Crippen LogP contribution in [-0.2, 0) is 22.9 Å². The van der Waals surface area contributed by atoms with E-state index in [0.29, 0.717) is 5.56 Å². The first-order valence-electron chi connectivity index (χ1n) is 9.06. The molecule has 142 valence electrons. The molecule has 1 aliphatic carbocycles. The van der Waals surface area contributed by atoms with E-state index >= 15 is 0 Å². The maximum atomic E-state index is 14.2. The summed E-state index contributed by atoms with van der Waals surface area (Å²) in [6.07, 6.45) is 4.86. The van der Waals surface area contributed by atoms with Crippen LogP contribution >= 0.6 is 0 Å². The molecular formula is C23H20FNO2S. The van der Waals surface area contributed by atoms with Gasteiger partial charge in [-0.3, -0.25) is 4.72 Å². The Balaban J connectivity index is 1.90. The Morgan fingerprint density at radius 3 is 2.04 bits per heavy atom. The first-order valence-corrected chi connectivity index (χ1v) is 10.9. The van der Waals surface area contributed by atoms with Crippen LogP contribution in [0.5, 0.6) is 0 Å². The summed E-state index contributed by atoms with van der Waals surface area (Å²) in [7, 11) is -3.48. The Bertz CT molecular complexity index is 1130. The summed E-state index contributed by atoms with van der Waals surface area (Å²) in [5.41, 5.74) is 6.56. The summed E-state index contributed by atoms with van der Waals surface area (Å²) in [6, 6.07) is 20.7. The molecule has 3 aromatic carbocycles. The van der Waals surface area contributed by atoms with Gasteiger partial charge in [0, 0.05) is 0 Å². The van der Waals surface area contributed by atoms with Gasteiger partial charge in [0.1, 0.15) is 5.82 Å². The van der Waals surface area contributed by atoms with Crippen LogP contribution in [0.15, 0.2) is 66.7 Å². The summed E-state index contributed by atoms with van der Waals surface area (Å²) in [5.74, 6) is -0.490. The van der Waals surface area contributed by atoms with Crippen LogP contribution in [0.3, 0.4) is 0 Å². The van der Waals surface area contributed by atoms with E-state index in [1.165, 1.54) is 23.3 Å². The normalized spacial score (nSPS) is 13.3. The fourth-order valence-corrected chi connectivity index (χ4v) is 4.25. The number of fused-ring (bicyclic) bond motifs is 2. The number of halogens is 1. The number of aryl methyl sites for hydroxylation is 2. The van der Waals surface area contributed by atoms with Crippen LogP contribution in [0.1, 0.15) is 27.8 Å². The van der Waals surface area contributed by atoms with E-state index in [1.54, 1.807) is 6.07 Å². The zero-order valence-electron chi connectivity index (χ0n) is 15.4. The van der Waals surface area contributed by atoms with Gasteiger partial charge in [-0.05, 0) is 70.5 Å². The monoisotopic (exact) mass is 393 g/mol. The topological polar surface area (TPSA) is 46.2 Å². The van der Waals surface area contributed by atoms with Crippen molar-refractivity contribution in [3.63, 3.8) is 0 Å². The van der Waals surface area contributed by atoms with E-state index in [2.05, 4.69) is 29.0 Å². The Morgan fingerprint density at radius 2 is 1.46 bits per heavy atom. The van der Waals surface area contributed by atoms with Crippen molar-refractivity contribution < 1.29 is 12.8 Å². The summed E-state index contributed by atoms with van der Waals surface area (Å²) in [5, 5.41) is 0. The summed E-state index contributed by atoms with van der Waals surface area (Å²) < 4.78 is 39.6. The molecule has 1 aliphatic rings. The molecule has 0 aromatic heterocycles. The van der Waals surface area contributed by atoms with Crippen LogP contribution in [0.4, 0.5) is 10.1 Å². The lowest BCUT2D eigenvalue weighted by atomic mass is 9.92. The number of nitrogens with one attached hydrogen (secondary N) is 1. The maximum absolute atomic E-state index is 14.2. The molecule has 28 heavy (non-hydrogen) atoms. The first kappa shape index (κ1) is 18.4. The highest BCUT2D eigenvalue weighted by molar-refractivity contribution is 7.92. The molecule has 0 unspecified atom stereocenters. The van der Waals surface area contributed by atoms with Gasteiger partial charge in [0.05, 0.1) is 11.9 Å². The van der Waals surface area contributed by atoms with Crippen molar-refractivity contribution in [1.29, 1.82) is 0 Å². The van der Waals surface area contributed by atoms with Crippen LogP contribution in [0.25, 0.3) is 11.6 Å². The van der Waals surface area contributed by atoms with Crippen molar-refractivity contribution in [3.8, 4) is 0 Å². The molecule has 3 aromatic rings. The molecule has 0 saturated heterocycles. The van der Waals surface area contributed by atoms with Crippen molar-refractivity contribution in [3.05, 3.63) is 100 Å². The SMILES string of the molecule is CS(=O)(=O)Nc1cc(F)cc(C=C2c3ccccc3CCc3ccccc32)c1. The number of anilines is 1. The zero-order chi connectivity index (χ0) is 19.7. The van der Waals surface area contributed by atoms with Gasteiger partial charge < -0.3 is 0 Å². The third-order valence-corrected chi connectivity index (χ3v) is 5.42. The molecule has 3 nitrogen and oxygen atoms in total. The molecule has 5 heteroatoms. The van der Waals surface area contributed by atoms with Crippen LogP contribution in [0.2, 0.25) is 0 Å². The number of benzene rings is 3. The first-order chi connectivity index (χ1) is 13.4. The van der Waals surface area contributed by atoms with E-state index in [0.717, 1.165) is 35.8 Å². The van der Waals surface area contributed by atoms with Gasteiger partial charge in [0.2, 0.25) is 10.0 Å². The van der Waals surface area contributed by atoms with Crippen LogP contribution in [-0.4, -0.2) is 14.7 Å². The van der Waals surface area contributed by atoms with Gasteiger partial charge >= 0.3 is 0 Å². The Morgan fingerprint density at radius 1 is 0.893 bits per heavy atom. The van der Waals surface area contributed by atoms with Crippen molar-refractivity contribution >= 4 is 27.4 Å². The van der Waals surface area contributed by atoms with E-state index in [9.17, 15) is 12.8 Å². The molecule has 1 N–H and O–H groups in total. The van der Waals surface area contributed by atoms with Crippen LogP contribution < -0.4 is 4.72 Å². The fraction of sp³-hybridized carbons (Fsp3) is 0.130. The molecule has 0 atom stereocenters. The minimum Gasteiger partial charge on any atom is -0.284 e. The summed E-state index contributed by atoms with van der Waals surface area (Å²) >= 11 is 0. The van der Waals surface area contributed by atoms with Crippen molar-refractivity contribution in [1.82, 2.24) is 0 Å². The molecule has 0 bridgehead atoms. The lowest BCUT2D eigenvalue weighted by molar-refractivity contribution is 0.606. The van der Waals surface area contributed by atoms with Gasteiger partial charge in [-0.25, -0.2) is 12.8 Å². The molecule has 0 fully saturated rings. The Labute approximate surface area is 164 Å². The molecule has 0 radical (unpaired) electrons. The number of rotatable bonds is 3. The summed E-state index contributed by atoms with van der Waals surface area (Å²) in [4.78, 5) is 0. The average molecular weight is 393 g/mol. The molecule has 0 spiro atoms. The second-order valence-corrected chi connectivity index (χ2v) is 8.77. The van der Waals surface area contributed by atoms with E-state index in [-0.39, 0.29) is 5.69 Å². The van der Waals surface area contributed by atoms with Gasteiger partial charge in [-0.2, -0.15) is 0 Å². The van der Waals surface area contributed by atoms with Crippen molar-refractivity contribution in [2.45, 2.75) is 12.8 Å². The number of sulfonamides is 1. The molecular weight excluding hydrogens is 373 g/mol.